The van der Waals surface area contributed by atoms with Crippen LogP contribution in [0.15, 0.2) is 0 Å². The molecule has 0 amide bonds. The third kappa shape index (κ3) is 3.03. The molecule has 0 bridgehead atoms. The highest BCUT2D eigenvalue weighted by molar-refractivity contribution is 4.73. The molecule has 72 valence electrons. The van der Waals surface area contributed by atoms with Crippen LogP contribution in [0.4, 0.5) is 8.78 Å². The fourth-order valence-electron chi connectivity index (χ4n) is 1.59. The average molecular weight is 179 g/mol. The van der Waals surface area contributed by atoms with E-state index in [1.54, 1.807) is 6.92 Å². The maximum atomic E-state index is 11.8. The lowest BCUT2D eigenvalue weighted by molar-refractivity contribution is -0.172. The van der Waals surface area contributed by atoms with Crippen LogP contribution in [0, 0.1) is 5.92 Å². The average Bonchev–Trinajstić information content (AvgIpc) is 2.05. The largest absolute Gasteiger partial charge is 0.345 e. The molecule has 1 rings (SSSR count). The third-order valence-corrected chi connectivity index (χ3v) is 2.37. The number of ether oxygens (including phenoxy) is 1. The van der Waals surface area contributed by atoms with Gasteiger partial charge in [-0.1, -0.05) is 0 Å². The molecule has 1 heterocycles. The zero-order valence-electron chi connectivity index (χ0n) is 7.22. The van der Waals surface area contributed by atoms with Crippen LogP contribution in [-0.4, -0.2) is 25.8 Å². The number of nitrogens with one attached hydrogen (secondary N) is 1. The van der Waals surface area contributed by atoms with E-state index in [9.17, 15) is 8.78 Å². The maximum absolute atomic E-state index is 11.8. The van der Waals surface area contributed by atoms with Crippen molar-refractivity contribution < 1.29 is 13.5 Å². The van der Waals surface area contributed by atoms with E-state index < -0.39 is 6.61 Å². The quantitative estimate of drug-likeness (QED) is 0.710. The van der Waals surface area contributed by atoms with Gasteiger partial charge in [-0.15, -0.1) is 0 Å². The lowest BCUT2D eigenvalue weighted by Gasteiger charge is -2.27. The van der Waals surface area contributed by atoms with Crippen molar-refractivity contribution in [2.75, 3.05) is 13.1 Å². The van der Waals surface area contributed by atoms with Crippen molar-refractivity contribution in [1.29, 1.82) is 0 Å². The Labute approximate surface area is 71.3 Å². The molecule has 2 nitrogen and oxygen atoms in total. The van der Waals surface area contributed by atoms with Gasteiger partial charge in [0.2, 0.25) is 0 Å². The summed E-state index contributed by atoms with van der Waals surface area (Å²) in [6.45, 7) is 0.931. The topological polar surface area (TPSA) is 21.3 Å². The van der Waals surface area contributed by atoms with Crippen molar-refractivity contribution in [3.05, 3.63) is 0 Å². The summed E-state index contributed by atoms with van der Waals surface area (Å²) in [5.74, 6) is 0.292. The normalized spacial score (nSPS) is 23.0. The second kappa shape index (κ2) is 4.72. The Balaban J connectivity index is 2.24. The van der Waals surface area contributed by atoms with E-state index in [0.29, 0.717) is 5.92 Å². The van der Waals surface area contributed by atoms with Crippen LogP contribution in [0.25, 0.3) is 0 Å². The smallest absolute Gasteiger partial charge is 0.320 e. The van der Waals surface area contributed by atoms with E-state index in [-0.39, 0.29) is 6.10 Å². The van der Waals surface area contributed by atoms with Gasteiger partial charge in [0.05, 0.1) is 6.10 Å². The highest BCUT2D eigenvalue weighted by Gasteiger charge is 2.22. The molecule has 4 heteroatoms. The van der Waals surface area contributed by atoms with Crippen molar-refractivity contribution >= 4 is 0 Å². The lowest BCUT2D eigenvalue weighted by Crippen LogP contribution is -2.34. The molecule has 1 saturated heterocycles. The van der Waals surface area contributed by atoms with Gasteiger partial charge < -0.3 is 10.1 Å². The first-order valence-corrected chi connectivity index (χ1v) is 4.34. The number of alkyl halides is 2. The molecule has 12 heavy (non-hydrogen) atoms. The van der Waals surface area contributed by atoms with Crippen LogP contribution < -0.4 is 5.32 Å². The molecule has 0 spiro atoms. The van der Waals surface area contributed by atoms with Gasteiger partial charge in [-0.05, 0) is 38.8 Å². The Morgan fingerprint density at radius 1 is 1.33 bits per heavy atom. The van der Waals surface area contributed by atoms with Crippen LogP contribution in [0.2, 0.25) is 0 Å². The van der Waals surface area contributed by atoms with Gasteiger partial charge in [-0.25, -0.2) is 0 Å². The molecule has 1 fully saturated rings. The van der Waals surface area contributed by atoms with Gasteiger partial charge in [-0.2, -0.15) is 8.78 Å². The van der Waals surface area contributed by atoms with Crippen molar-refractivity contribution in [2.24, 2.45) is 5.92 Å². The Hall–Kier alpha value is -0.220. The second-order valence-electron chi connectivity index (χ2n) is 3.19. The van der Waals surface area contributed by atoms with Gasteiger partial charge >= 0.3 is 6.61 Å². The summed E-state index contributed by atoms with van der Waals surface area (Å²) in [5, 5.41) is 3.18. The maximum Gasteiger partial charge on any atom is 0.345 e. The zero-order valence-corrected chi connectivity index (χ0v) is 7.22. The summed E-state index contributed by atoms with van der Waals surface area (Å²) in [7, 11) is 0. The molecule has 1 aliphatic heterocycles. The summed E-state index contributed by atoms with van der Waals surface area (Å²) in [4.78, 5) is 0. The van der Waals surface area contributed by atoms with Crippen molar-refractivity contribution in [1.82, 2.24) is 5.32 Å². The first-order chi connectivity index (χ1) is 5.70. The molecular weight excluding hydrogens is 164 g/mol. The molecule has 1 N–H and O–H groups in total. The predicted molar refractivity (Wildman–Crippen MR) is 42.1 cm³/mol. The van der Waals surface area contributed by atoms with Crippen LogP contribution in [0.5, 0.6) is 0 Å². The predicted octanol–water partition coefficient (Wildman–Crippen LogP) is 1.61. The Morgan fingerprint density at radius 2 is 1.92 bits per heavy atom. The van der Waals surface area contributed by atoms with Gasteiger partial charge in [0.15, 0.2) is 0 Å². The number of hydrogen-bond acceptors (Lipinski definition) is 2. The minimum atomic E-state index is -2.63. The molecule has 0 aliphatic carbocycles. The molecule has 1 unspecified atom stereocenters. The molecule has 0 saturated carbocycles. The third-order valence-electron chi connectivity index (χ3n) is 2.37. The van der Waals surface area contributed by atoms with E-state index in [1.807, 2.05) is 0 Å². The molecule has 0 aromatic rings. The van der Waals surface area contributed by atoms with E-state index >= 15 is 0 Å². The van der Waals surface area contributed by atoms with Gasteiger partial charge in [0.25, 0.3) is 0 Å². The molecule has 0 radical (unpaired) electrons. The minimum absolute atomic E-state index is 0.292. The summed E-state index contributed by atoms with van der Waals surface area (Å²) >= 11 is 0. The van der Waals surface area contributed by atoms with Crippen molar-refractivity contribution in [3.63, 3.8) is 0 Å². The van der Waals surface area contributed by atoms with Gasteiger partial charge in [0, 0.05) is 0 Å². The van der Waals surface area contributed by atoms with E-state index in [1.165, 1.54) is 0 Å². The molecule has 1 aliphatic rings. The fourth-order valence-corrected chi connectivity index (χ4v) is 1.59. The van der Waals surface area contributed by atoms with Gasteiger partial charge in [0.1, 0.15) is 0 Å². The monoisotopic (exact) mass is 179 g/mol. The lowest BCUT2D eigenvalue weighted by atomic mass is 9.93. The van der Waals surface area contributed by atoms with E-state index in [2.05, 4.69) is 10.1 Å². The highest BCUT2D eigenvalue weighted by atomic mass is 19.3. The minimum Gasteiger partial charge on any atom is -0.320 e. The van der Waals surface area contributed by atoms with Crippen molar-refractivity contribution in [3.8, 4) is 0 Å². The van der Waals surface area contributed by atoms with Crippen LogP contribution in [0.1, 0.15) is 19.8 Å². The number of hydrogen-bond donors (Lipinski definition) is 1. The fraction of sp³-hybridized carbons (Fsp3) is 1.00. The number of rotatable bonds is 3. The second-order valence-corrected chi connectivity index (χ2v) is 3.19. The first-order valence-electron chi connectivity index (χ1n) is 4.34. The Kier molecular flexibility index (Phi) is 3.88. The standard InChI is InChI=1S/C8H15F2NO/c1-6(12-8(9)10)7-2-4-11-5-3-7/h6-8,11H,2-5H2,1H3. The van der Waals surface area contributed by atoms with Crippen LogP contribution in [-0.2, 0) is 4.74 Å². The number of piperidine rings is 1. The highest BCUT2D eigenvalue weighted by Crippen LogP contribution is 2.20. The molecule has 0 aromatic heterocycles. The van der Waals surface area contributed by atoms with Crippen molar-refractivity contribution in [2.45, 2.75) is 32.5 Å². The summed E-state index contributed by atoms with van der Waals surface area (Å²) in [6, 6.07) is 0. The Morgan fingerprint density at radius 3 is 2.42 bits per heavy atom. The van der Waals surface area contributed by atoms with Crippen LogP contribution >= 0.6 is 0 Å². The zero-order chi connectivity index (χ0) is 8.97. The molecule has 0 aromatic carbocycles. The van der Waals surface area contributed by atoms with E-state index in [0.717, 1.165) is 25.9 Å². The van der Waals surface area contributed by atoms with E-state index in [4.69, 9.17) is 0 Å². The summed E-state index contributed by atoms with van der Waals surface area (Å²) < 4.78 is 28.0. The summed E-state index contributed by atoms with van der Waals surface area (Å²) in [5.41, 5.74) is 0. The summed E-state index contributed by atoms with van der Waals surface area (Å²) in [6.07, 6.45) is 1.56. The van der Waals surface area contributed by atoms with Gasteiger partial charge in [-0.3, -0.25) is 0 Å². The molecule has 1 atom stereocenters. The Bertz CT molecular complexity index is 126. The van der Waals surface area contributed by atoms with Crippen LogP contribution in [0.3, 0.4) is 0 Å². The number of halogens is 2. The molecular formula is C8H15F2NO. The SMILES string of the molecule is CC(OC(F)F)C1CCNCC1. The first kappa shape index (κ1) is 9.86.